The second kappa shape index (κ2) is 10.8. The van der Waals surface area contributed by atoms with E-state index in [1.807, 2.05) is 26.0 Å². The van der Waals surface area contributed by atoms with E-state index in [2.05, 4.69) is 11.4 Å². The fraction of sp³-hybridized carbons (Fsp3) is 0.615. The number of fused-ring (bicyclic) bond motifs is 3. The number of aryl methyl sites for hydroxylation is 1. The first-order valence-electron chi connectivity index (χ1n) is 12.5. The van der Waals surface area contributed by atoms with Gasteiger partial charge in [0.1, 0.15) is 18.7 Å². The number of nitrogens with zero attached hydrogens (tertiary/aromatic N) is 2. The van der Waals surface area contributed by atoms with E-state index in [4.69, 9.17) is 14.2 Å². The molecule has 3 amide bonds. The Bertz CT molecular complexity index is 1020. The van der Waals surface area contributed by atoms with Crippen molar-refractivity contribution in [1.82, 2.24) is 15.1 Å². The van der Waals surface area contributed by atoms with E-state index < -0.39 is 36.2 Å². The van der Waals surface area contributed by atoms with Gasteiger partial charge in [0, 0.05) is 19.5 Å². The number of amides is 3. The van der Waals surface area contributed by atoms with Crippen LogP contribution in [0.1, 0.15) is 56.2 Å². The minimum Gasteiger partial charge on any atom is -0.467 e. The Hall–Kier alpha value is -3.30. The normalized spacial score (nSPS) is 25.0. The number of nitrogens with one attached hydrogen (secondary N) is 1. The molecule has 1 N–H and O–H groups in total. The lowest BCUT2D eigenvalue weighted by Gasteiger charge is -2.25. The van der Waals surface area contributed by atoms with Crippen molar-refractivity contribution in [3.63, 3.8) is 0 Å². The summed E-state index contributed by atoms with van der Waals surface area (Å²) in [5.41, 5.74) is 3.30. The Kier molecular flexibility index (Phi) is 7.70. The average molecular weight is 502 g/mol. The first-order chi connectivity index (χ1) is 17.2. The number of hydrogen-bond donors (Lipinski definition) is 1. The number of ether oxygens (including phenoxy) is 3. The second-order valence-electron chi connectivity index (χ2n) is 10.5. The Morgan fingerprint density at radius 3 is 2.69 bits per heavy atom. The molecule has 0 spiro atoms. The maximum Gasteiger partial charge on any atom is 0.410 e. The summed E-state index contributed by atoms with van der Waals surface area (Å²) in [7, 11) is 1.24. The van der Waals surface area contributed by atoms with Gasteiger partial charge in [-0.1, -0.05) is 38.5 Å². The lowest BCUT2D eigenvalue weighted by molar-refractivity contribution is -0.150. The van der Waals surface area contributed by atoms with Crippen LogP contribution in [0.25, 0.3) is 0 Å². The van der Waals surface area contributed by atoms with Gasteiger partial charge in [-0.15, -0.1) is 0 Å². The molecular formula is C26H35N3O7. The molecule has 3 aliphatic heterocycles. The molecule has 2 atom stereocenters. The number of methoxy groups -OCH3 is 1. The predicted octanol–water partition coefficient (Wildman–Crippen LogP) is 2.76. The number of cyclic esters (lactones) is 1. The van der Waals surface area contributed by atoms with Gasteiger partial charge in [-0.2, -0.15) is 0 Å². The van der Waals surface area contributed by atoms with Gasteiger partial charge in [-0.25, -0.2) is 14.4 Å². The minimum absolute atomic E-state index is 0.0418. The van der Waals surface area contributed by atoms with Crippen molar-refractivity contribution in [2.24, 2.45) is 5.41 Å². The molecule has 3 heterocycles. The van der Waals surface area contributed by atoms with Crippen LogP contribution in [-0.2, 0) is 43.3 Å². The van der Waals surface area contributed by atoms with Crippen LogP contribution >= 0.6 is 0 Å². The molecule has 0 aliphatic carbocycles. The summed E-state index contributed by atoms with van der Waals surface area (Å²) in [4.78, 5) is 53.4. The second-order valence-corrected chi connectivity index (χ2v) is 10.5. The van der Waals surface area contributed by atoms with Crippen LogP contribution in [-0.4, -0.2) is 72.8 Å². The molecular weight excluding hydrogens is 466 g/mol. The maximum atomic E-state index is 13.0. The van der Waals surface area contributed by atoms with E-state index in [1.165, 1.54) is 23.1 Å². The van der Waals surface area contributed by atoms with Crippen LogP contribution in [0.2, 0.25) is 0 Å². The van der Waals surface area contributed by atoms with Gasteiger partial charge in [0.25, 0.3) is 0 Å². The van der Waals surface area contributed by atoms with E-state index in [0.717, 1.165) is 31.2 Å². The van der Waals surface area contributed by atoms with Crippen LogP contribution in [0.15, 0.2) is 18.2 Å². The van der Waals surface area contributed by atoms with E-state index in [1.54, 1.807) is 4.90 Å². The lowest BCUT2D eigenvalue weighted by Crippen LogP contribution is -2.46. The van der Waals surface area contributed by atoms with Crippen LogP contribution in [0, 0.1) is 5.41 Å². The van der Waals surface area contributed by atoms with Crippen molar-refractivity contribution in [3.8, 4) is 0 Å². The van der Waals surface area contributed by atoms with Gasteiger partial charge in [0.2, 0.25) is 5.91 Å². The number of alkyl carbamates (subject to hydrolysis) is 1. The molecule has 1 aromatic carbocycles. The van der Waals surface area contributed by atoms with Gasteiger partial charge < -0.3 is 24.4 Å². The van der Waals surface area contributed by atoms with Gasteiger partial charge in [-0.05, 0) is 41.4 Å². The highest BCUT2D eigenvalue weighted by atomic mass is 16.6. The fourth-order valence-corrected chi connectivity index (χ4v) is 5.14. The number of carbonyl (C=O) groups is 4. The standard InChI is InChI=1S/C26H35N3O7/c1-26(2)10-5-4-7-17-8-6-9-18-13-28(15-20(17)18)25(33)36-19-11-21(23(31)34-3)29(14-19)22(30)12-27-24(32)35-16-26/h6,8-9,19,21H,4-5,7,10-16H2,1-3H3,(H,27,32)/t19-,21+/m1/s1. The first-order valence-corrected chi connectivity index (χ1v) is 12.5. The largest absolute Gasteiger partial charge is 0.467 e. The SMILES string of the molecule is COC(=O)[C@@H]1C[C@@H]2CN1C(=O)CNC(=O)OCC(C)(C)CCCCc1cccc3c1CN(C3)C(=O)O2. The number of rotatable bonds is 1. The Morgan fingerprint density at radius 2 is 1.92 bits per heavy atom. The Balaban J connectivity index is 1.53. The summed E-state index contributed by atoms with van der Waals surface area (Å²) in [6.45, 7) is 4.98. The molecule has 4 rings (SSSR count). The molecule has 0 saturated carbocycles. The van der Waals surface area contributed by atoms with Crippen LogP contribution < -0.4 is 5.32 Å². The molecule has 0 radical (unpaired) electrons. The fourth-order valence-electron chi connectivity index (χ4n) is 5.14. The molecule has 1 fully saturated rings. The molecule has 10 nitrogen and oxygen atoms in total. The van der Waals surface area contributed by atoms with E-state index >= 15 is 0 Å². The third-order valence-electron chi connectivity index (χ3n) is 7.19. The zero-order chi connectivity index (χ0) is 25.9. The van der Waals surface area contributed by atoms with Crippen molar-refractivity contribution >= 4 is 24.1 Å². The maximum absolute atomic E-state index is 13.0. The van der Waals surface area contributed by atoms with E-state index in [9.17, 15) is 19.2 Å². The Morgan fingerprint density at radius 1 is 1.14 bits per heavy atom. The highest BCUT2D eigenvalue weighted by Crippen LogP contribution is 2.30. The minimum atomic E-state index is -0.895. The molecule has 3 aliphatic rings. The summed E-state index contributed by atoms with van der Waals surface area (Å²) in [6.07, 6.45) is 2.05. The van der Waals surface area contributed by atoms with Gasteiger partial charge in [-0.3, -0.25) is 9.69 Å². The average Bonchev–Trinajstić information content (AvgIpc) is 3.48. The number of esters is 1. The smallest absolute Gasteiger partial charge is 0.410 e. The molecule has 4 bridgehead atoms. The molecule has 1 saturated heterocycles. The third-order valence-corrected chi connectivity index (χ3v) is 7.19. The topological polar surface area (TPSA) is 114 Å². The summed E-state index contributed by atoms with van der Waals surface area (Å²) >= 11 is 0. The predicted molar refractivity (Wildman–Crippen MR) is 129 cm³/mol. The number of hydrogen-bond acceptors (Lipinski definition) is 7. The Labute approximate surface area is 211 Å². The van der Waals surface area contributed by atoms with Gasteiger partial charge >= 0.3 is 18.2 Å². The van der Waals surface area contributed by atoms with Crippen LogP contribution in [0.3, 0.4) is 0 Å². The van der Waals surface area contributed by atoms with E-state index in [0.29, 0.717) is 13.1 Å². The third kappa shape index (κ3) is 5.91. The number of carbonyl (C=O) groups excluding carboxylic acids is 4. The highest BCUT2D eigenvalue weighted by molar-refractivity contribution is 5.88. The zero-order valence-electron chi connectivity index (χ0n) is 21.2. The molecule has 0 aromatic heterocycles. The zero-order valence-corrected chi connectivity index (χ0v) is 21.2. The molecule has 0 unspecified atom stereocenters. The van der Waals surface area contributed by atoms with Crippen molar-refractivity contribution in [3.05, 3.63) is 34.9 Å². The summed E-state index contributed by atoms with van der Waals surface area (Å²) in [5, 5.41) is 2.47. The van der Waals surface area contributed by atoms with Crippen molar-refractivity contribution < 1.29 is 33.4 Å². The molecule has 1 aromatic rings. The van der Waals surface area contributed by atoms with Gasteiger partial charge in [0.15, 0.2) is 0 Å². The monoisotopic (exact) mass is 501 g/mol. The van der Waals surface area contributed by atoms with Crippen molar-refractivity contribution in [2.75, 3.05) is 26.8 Å². The molecule has 36 heavy (non-hydrogen) atoms. The highest BCUT2D eigenvalue weighted by Gasteiger charge is 2.43. The summed E-state index contributed by atoms with van der Waals surface area (Å²) < 4.78 is 15.9. The van der Waals surface area contributed by atoms with Crippen LogP contribution in [0.4, 0.5) is 9.59 Å². The van der Waals surface area contributed by atoms with Gasteiger partial charge in [0.05, 0.1) is 20.3 Å². The lowest BCUT2D eigenvalue weighted by atomic mass is 9.87. The quantitative estimate of drug-likeness (QED) is 0.465. The van der Waals surface area contributed by atoms with Crippen molar-refractivity contribution in [2.45, 2.75) is 71.2 Å². The first kappa shape index (κ1) is 25.8. The van der Waals surface area contributed by atoms with Crippen LogP contribution in [0.5, 0.6) is 0 Å². The number of benzene rings is 1. The van der Waals surface area contributed by atoms with E-state index in [-0.39, 0.29) is 31.5 Å². The summed E-state index contributed by atoms with van der Waals surface area (Å²) in [6, 6.07) is 5.28. The molecule has 10 heteroatoms. The summed E-state index contributed by atoms with van der Waals surface area (Å²) in [5.74, 6) is -1.07. The molecule has 196 valence electrons. The van der Waals surface area contributed by atoms with Crippen molar-refractivity contribution in [1.29, 1.82) is 0 Å².